The van der Waals surface area contributed by atoms with Crippen molar-refractivity contribution in [3.05, 3.63) is 42.0 Å². The number of carbonyl (C=O) groups is 1. The van der Waals surface area contributed by atoms with Gasteiger partial charge >= 0.3 is 0 Å². The van der Waals surface area contributed by atoms with Crippen LogP contribution in [0, 0.1) is 0 Å². The normalized spacial score (nSPS) is 12.1. The van der Waals surface area contributed by atoms with Crippen LogP contribution in [-0.4, -0.2) is 20.7 Å². The smallest absolute Gasteiger partial charge is 0.220 e. The highest BCUT2D eigenvalue weighted by molar-refractivity contribution is 5.76. The zero-order chi connectivity index (χ0) is 14.5. The van der Waals surface area contributed by atoms with Crippen LogP contribution >= 0.6 is 0 Å². The van der Waals surface area contributed by atoms with Crippen LogP contribution in [0.3, 0.4) is 0 Å². The molecule has 1 aromatic heterocycles. The molecule has 2 rings (SSSR count). The van der Waals surface area contributed by atoms with Crippen molar-refractivity contribution in [2.75, 3.05) is 5.73 Å². The third kappa shape index (κ3) is 3.57. The molecule has 0 saturated carbocycles. The van der Waals surface area contributed by atoms with Crippen molar-refractivity contribution in [1.29, 1.82) is 0 Å². The van der Waals surface area contributed by atoms with Gasteiger partial charge in [0.1, 0.15) is 6.33 Å². The number of anilines is 1. The summed E-state index contributed by atoms with van der Waals surface area (Å²) in [5, 5.41) is 10.5. The number of rotatable bonds is 5. The summed E-state index contributed by atoms with van der Waals surface area (Å²) in [5.41, 5.74) is 7.48. The molecule has 0 saturated heterocycles. The standard InChI is InChI=1S/C14H19N5O/c1-10(11-3-5-12(15)6-4-11)7-14(20)16-8-13-18-17-9-19(13)2/h3-6,9-10H,7-8,15H2,1-2H3,(H,16,20). The fraction of sp³-hybridized carbons (Fsp3) is 0.357. The molecule has 2 aromatic rings. The Morgan fingerprint density at radius 2 is 2.10 bits per heavy atom. The van der Waals surface area contributed by atoms with Gasteiger partial charge in [-0.3, -0.25) is 4.79 Å². The molecule has 3 N–H and O–H groups in total. The Kier molecular flexibility index (Phi) is 4.34. The van der Waals surface area contributed by atoms with Gasteiger partial charge in [-0.1, -0.05) is 19.1 Å². The quantitative estimate of drug-likeness (QED) is 0.802. The molecule has 6 nitrogen and oxygen atoms in total. The minimum Gasteiger partial charge on any atom is -0.399 e. The maximum atomic E-state index is 11.9. The Balaban J connectivity index is 1.85. The molecule has 1 unspecified atom stereocenters. The highest BCUT2D eigenvalue weighted by atomic mass is 16.1. The van der Waals surface area contributed by atoms with Gasteiger partial charge in [0.25, 0.3) is 0 Å². The first-order chi connectivity index (χ1) is 9.56. The predicted octanol–water partition coefficient (Wildman–Crippen LogP) is 1.21. The zero-order valence-electron chi connectivity index (χ0n) is 11.7. The molecule has 6 heteroatoms. The first-order valence-electron chi connectivity index (χ1n) is 6.51. The third-order valence-corrected chi connectivity index (χ3v) is 3.25. The monoisotopic (exact) mass is 273 g/mol. The van der Waals surface area contributed by atoms with Crippen LogP contribution in [0.2, 0.25) is 0 Å². The molecule has 1 atom stereocenters. The average molecular weight is 273 g/mol. The summed E-state index contributed by atoms with van der Waals surface area (Å²) >= 11 is 0. The highest BCUT2D eigenvalue weighted by Crippen LogP contribution is 2.19. The number of carbonyl (C=O) groups excluding carboxylic acids is 1. The molecule has 0 aliphatic rings. The lowest BCUT2D eigenvalue weighted by Gasteiger charge is -2.12. The molecule has 1 amide bonds. The second-order valence-electron chi connectivity index (χ2n) is 4.91. The van der Waals surface area contributed by atoms with Crippen molar-refractivity contribution in [2.45, 2.75) is 25.8 Å². The number of nitrogens with two attached hydrogens (primary N) is 1. The Labute approximate surface area is 118 Å². The van der Waals surface area contributed by atoms with Crippen LogP contribution in [0.4, 0.5) is 5.69 Å². The first kappa shape index (κ1) is 14.0. The number of aryl methyl sites for hydroxylation is 1. The summed E-state index contributed by atoms with van der Waals surface area (Å²) in [6.07, 6.45) is 2.04. The van der Waals surface area contributed by atoms with E-state index in [4.69, 9.17) is 5.73 Å². The second-order valence-corrected chi connectivity index (χ2v) is 4.91. The summed E-state index contributed by atoms with van der Waals surface area (Å²) < 4.78 is 1.78. The summed E-state index contributed by atoms with van der Waals surface area (Å²) in [4.78, 5) is 11.9. The minimum atomic E-state index is -0.00248. The number of nitrogens with zero attached hydrogens (tertiary/aromatic N) is 3. The molecule has 0 spiro atoms. The third-order valence-electron chi connectivity index (χ3n) is 3.25. The Bertz CT molecular complexity index is 576. The van der Waals surface area contributed by atoms with Crippen molar-refractivity contribution < 1.29 is 4.79 Å². The van der Waals surface area contributed by atoms with E-state index < -0.39 is 0 Å². The maximum Gasteiger partial charge on any atom is 0.220 e. The van der Waals surface area contributed by atoms with Gasteiger partial charge in [0, 0.05) is 19.2 Å². The number of amides is 1. The van der Waals surface area contributed by atoms with Gasteiger partial charge in [0.05, 0.1) is 6.54 Å². The van der Waals surface area contributed by atoms with E-state index in [1.54, 1.807) is 10.9 Å². The summed E-state index contributed by atoms with van der Waals surface area (Å²) in [6, 6.07) is 7.61. The van der Waals surface area contributed by atoms with Crippen LogP contribution in [0.15, 0.2) is 30.6 Å². The van der Waals surface area contributed by atoms with Gasteiger partial charge in [0.2, 0.25) is 5.91 Å². The van der Waals surface area contributed by atoms with E-state index in [-0.39, 0.29) is 11.8 Å². The Hall–Kier alpha value is -2.37. The summed E-state index contributed by atoms with van der Waals surface area (Å²) in [7, 11) is 1.85. The number of benzene rings is 1. The van der Waals surface area contributed by atoms with E-state index >= 15 is 0 Å². The van der Waals surface area contributed by atoms with Gasteiger partial charge in [-0.25, -0.2) is 0 Å². The number of hydrogen-bond acceptors (Lipinski definition) is 4. The van der Waals surface area contributed by atoms with Gasteiger partial charge in [-0.15, -0.1) is 10.2 Å². The SMILES string of the molecule is CC(CC(=O)NCc1nncn1C)c1ccc(N)cc1. The van der Waals surface area contributed by atoms with E-state index in [2.05, 4.69) is 15.5 Å². The molecule has 0 aliphatic carbocycles. The van der Waals surface area contributed by atoms with E-state index in [0.717, 1.165) is 17.1 Å². The molecule has 1 aromatic carbocycles. The zero-order valence-corrected chi connectivity index (χ0v) is 11.7. The number of aromatic nitrogens is 3. The van der Waals surface area contributed by atoms with Gasteiger partial charge in [0.15, 0.2) is 5.82 Å². The molecule has 1 heterocycles. The lowest BCUT2D eigenvalue weighted by Crippen LogP contribution is -2.25. The fourth-order valence-corrected chi connectivity index (χ4v) is 1.94. The van der Waals surface area contributed by atoms with Crippen molar-refractivity contribution in [1.82, 2.24) is 20.1 Å². The lowest BCUT2D eigenvalue weighted by molar-refractivity contribution is -0.121. The second kappa shape index (κ2) is 6.18. The van der Waals surface area contributed by atoms with E-state index in [1.165, 1.54) is 0 Å². The van der Waals surface area contributed by atoms with Crippen molar-refractivity contribution >= 4 is 11.6 Å². The number of nitrogens with one attached hydrogen (secondary N) is 1. The predicted molar refractivity (Wildman–Crippen MR) is 76.7 cm³/mol. The van der Waals surface area contributed by atoms with E-state index in [0.29, 0.717) is 13.0 Å². The van der Waals surface area contributed by atoms with Crippen molar-refractivity contribution in [3.63, 3.8) is 0 Å². The summed E-state index contributed by atoms with van der Waals surface area (Å²) in [6.45, 7) is 2.41. The van der Waals surface area contributed by atoms with E-state index in [9.17, 15) is 4.79 Å². The van der Waals surface area contributed by atoms with Gasteiger partial charge in [-0.05, 0) is 23.6 Å². The van der Waals surface area contributed by atoms with Crippen molar-refractivity contribution in [2.24, 2.45) is 7.05 Å². The lowest BCUT2D eigenvalue weighted by atomic mass is 9.97. The van der Waals surface area contributed by atoms with Gasteiger partial charge < -0.3 is 15.6 Å². The molecule has 20 heavy (non-hydrogen) atoms. The van der Waals surface area contributed by atoms with Crippen LogP contribution in [0.1, 0.15) is 30.7 Å². The van der Waals surface area contributed by atoms with Crippen LogP contribution < -0.4 is 11.1 Å². The molecule has 0 aliphatic heterocycles. The molecule has 0 fully saturated rings. The van der Waals surface area contributed by atoms with Crippen molar-refractivity contribution in [3.8, 4) is 0 Å². The number of nitrogen functional groups attached to an aromatic ring is 1. The Morgan fingerprint density at radius 1 is 1.40 bits per heavy atom. The summed E-state index contributed by atoms with van der Waals surface area (Å²) in [5.74, 6) is 0.880. The molecule has 0 radical (unpaired) electrons. The first-order valence-corrected chi connectivity index (χ1v) is 6.51. The maximum absolute atomic E-state index is 11.9. The molecular formula is C14H19N5O. The molecule has 106 valence electrons. The average Bonchev–Trinajstić information content (AvgIpc) is 2.82. The number of hydrogen-bond donors (Lipinski definition) is 2. The largest absolute Gasteiger partial charge is 0.399 e. The molecular weight excluding hydrogens is 254 g/mol. The Morgan fingerprint density at radius 3 is 2.70 bits per heavy atom. The topological polar surface area (TPSA) is 85.8 Å². The molecule has 0 bridgehead atoms. The fourth-order valence-electron chi connectivity index (χ4n) is 1.94. The van der Waals surface area contributed by atoms with Crippen LogP contribution in [-0.2, 0) is 18.4 Å². The van der Waals surface area contributed by atoms with E-state index in [1.807, 2.05) is 38.2 Å². The van der Waals surface area contributed by atoms with Crippen LogP contribution in [0.25, 0.3) is 0 Å². The minimum absolute atomic E-state index is 0.00248. The van der Waals surface area contributed by atoms with Crippen LogP contribution in [0.5, 0.6) is 0 Å². The highest BCUT2D eigenvalue weighted by Gasteiger charge is 2.11. The van der Waals surface area contributed by atoms with Gasteiger partial charge in [-0.2, -0.15) is 0 Å².